The van der Waals surface area contributed by atoms with E-state index in [1.165, 1.54) is 70.6 Å². The molecule has 0 heterocycles. The molecule has 0 fully saturated rings. The van der Waals surface area contributed by atoms with E-state index in [1.807, 2.05) is 0 Å². The number of rotatable bonds is 21. The molecule has 5 heteroatoms. The third kappa shape index (κ3) is 21.4. The molecule has 0 aromatic heterocycles. The normalized spacial score (nSPS) is 12.3. The van der Waals surface area contributed by atoms with Crippen LogP contribution in [0.5, 0.6) is 0 Å². The van der Waals surface area contributed by atoms with E-state index < -0.39 is 12.0 Å². The van der Waals surface area contributed by atoms with Crippen LogP contribution in [-0.2, 0) is 9.59 Å². The number of carboxylic acid groups (broad SMARTS) is 1. The highest BCUT2D eigenvalue weighted by Gasteiger charge is 2.10. The van der Waals surface area contributed by atoms with Crippen molar-refractivity contribution in [2.45, 2.75) is 129 Å². The topological polar surface area (TPSA) is 92.4 Å². The van der Waals surface area contributed by atoms with Gasteiger partial charge in [-0.25, -0.2) is 0 Å². The smallest absolute Gasteiger partial charge is 0.320 e. The van der Waals surface area contributed by atoms with Gasteiger partial charge in [0, 0.05) is 13.0 Å². The van der Waals surface area contributed by atoms with E-state index in [1.54, 1.807) is 0 Å². The van der Waals surface area contributed by atoms with Gasteiger partial charge >= 0.3 is 5.97 Å². The minimum atomic E-state index is -0.957. The number of unbranched alkanes of at least 4 members (excludes halogenated alkanes) is 12. The van der Waals surface area contributed by atoms with E-state index in [4.69, 9.17) is 10.8 Å². The molecule has 0 aromatic rings. The molecule has 0 saturated heterocycles. The lowest BCUT2D eigenvalue weighted by Crippen LogP contribution is -2.30. The molecule has 1 amide bonds. The van der Waals surface area contributed by atoms with Crippen molar-refractivity contribution in [3.05, 3.63) is 0 Å². The minimum Gasteiger partial charge on any atom is -0.480 e. The summed E-state index contributed by atoms with van der Waals surface area (Å²) in [5, 5.41) is 11.6. The zero-order chi connectivity index (χ0) is 21.7. The van der Waals surface area contributed by atoms with Crippen LogP contribution in [0.3, 0.4) is 0 Å². The van der Waals surface area contributed by atoms with Crippen LogP contribution in [0.2, 0.25) is 0 Å². The monoisotopic (exact) mass is 412 g/mol. The predicted octanol–water partition coefficient (Wildman–Crippen LogP) is 5.80. The molecule has 0 aliphatic carbocycles. The summed E-state index contributed by atoms with van der Waals surface area (Å²) in [5.41, 5.74) is 5.44. The molecule has 0 spiro atoms. The zero-order valence-corrected chi connectivity index (χ0v) is 19.2. The first-order chi connectivity index (χ1) is 13.9. The molecule has 0 aliphatic heterocycles. The molecule has 1 atom stereocenters. The van der Waals surface area contributed by atoms with Gasteiger partial charge in [-0.15, -0.1) is 0 Å². The Morgan fingerprint density at radius 1 is 0.724 bits per heavy atom. The quantitative estimate of drug-likeness (QED) is 0.208. The van der Waals surface area contributed by atoms with Crippen LogP contribution >= 0.6 is 0 Å². The van der Waals surface area contributed by atoms with Crippen molar-refractivity contribution in [3.63, 3.8) is 0 Å². The summed E-state index contributed by atoms with van der Waals surface area (Å²) >= 11 is 0. The maximum atomic E-state index is 11.8. The van der Waals surface area contributed by atoms with E-state index in [0.29, 0.717) is 19.4 Å². The van der Waals surface area contributed by atoms with Crippen molar-refractivity contribution in [2.75, 3.05) is 6.54 Å². The molecular formula is C24H48N2O3. The summed E-state index contributed by atoms with van der Waals surface area (Å²) in [7, 11) is 0. The fourth-order valence-electron chi connectivity index (χ4n) is 3.53. The van der Waals surface area contributed by atoms with Crippen molar-refractivity contribution in [1.29, 1.82) is 0 Å². The summed E-state index contributed by atoms with van der Waals surface area (Å²) in [6.45, 7) is 5.23. The summed E-state index contributed by atoms with van der Waals surface area (Å²) in [5.74, 6) is 0.00801. The predicted molar refractivity (Wildman–Crippen MR) is 122 cm³/mol. The first kappa shape index (κ1) is 27.9. The van der Waals surface area contributed by atoms with Gasteiger partial charge in [0.25, 0.3) is 0 Å². The number of carbonyl (C=O) groups excluding carboxylic acids is 1. The molecule has 0 saturated carbocycles. The number of carboxylic acids is 1. The third-order valence-electron chi connectivity index (χ3n) is 5.52. The Hall–Kier alpha value is -1.10. The van der Waals surface area contributed by atoms with E-state index >= 15 is 0 Å². The standard InChI is InChI=1S/C24H48N2O3/c1-21(2)17-13-11-9-7-5-3-4-6-8-10-12-14-19-23(27)26-20-16-15-18-22(25)24(28)29/h21-22H,3-20,25H2,1-2H3,(H,26,27)(H,28,29)/t22-/m0/s1. The van der Waals surface area contributed by atoms with E-state index in [9.17, 15) is 9.59 Å². The van der Waals surface area contributed by atoms with Crippen LogP contribution in [-0.4, -0.2) is 29.6 Å². The van der Waals surface area contributed by atoms with Crippen molar-refractivity contribution in [2.24, 2.45) is 11.7 Å². The molecule has 4 N–H and O–H groups in total. The van der Waals surface area contributed by atoms with Crippen molar-refractivity contribution in [3.8, 4) is 0 Å². The second kappa shape index (κ2) is 20.2. The number of hydrogen-bond acceptors (Lipinski definition) is 3. The molecule has 0 aliphatic rings. The highest BCUT2D eigenvalue weighted by molar-refractivity contribution is 5.75. The Morgan fingerprint density at radius 3 is 1.66 bits per heavy atom. The molecule has 0 unspecified atom stereocenters. The average Bonchev–Trinajstić information content (AvgIpc) is 2.67. The fraction of sp³-hybridized carbons (Fsp3) is 0.917. The molecule has 0 aromatic carbocycles. The maximum absolute atomic E-state index is 11.8. The van der Waals surface area contributed by atoms with Gasteiger partial charge in [0.15, 0.2) is 0 Å². The number of nitrogens with two attached hydrogens (primary N) is 1. The highest BCUT2D eigenvalue weighted by Crippen LogP contribution is 2.14. The summed E-state index contributed by atoms with van der Waals surface area (Å²) in [6.07, 6.45) is 19.7. The average molecular weight is 413 g/mol. The van der Waals surface area contributed by atoms with Crippen LogP contribution < -0.4 is 11.1 Å². The number of amides is 1. The van der Waals surface area contributed by atoms with Gasteiger partial charge in [0.2, 0.25) is 5.91 Å². The molecule has 0 radical (unpaired) electrons. The molecule has 5 nitrogen and oxygen atoms in total. The Bertz CT molecular complexity index is 400. The van der Waals surface area contributed by atoms with Gasteiger partial charge in [-0.05, 0) is 31.6 Å². The third-order valence-corrected chi connectivity index (χ3v) is 5.52. The van der Waals surface area contributed by atoms with E-state index in [2.05, 4.69) is 19.2 Å². The molecule has 29 heavy (non-hydrogen) atoms. The maximum Gasteiger partial charge on any atom is 0.320 e. The van der Waals surface area contributed by atoms with Gasteiger partial charge in [0.05, 0.1) is 0 Å². The van der Waals surface area contributed by atoms with Crippen molar-refractivity contribution in [1.82, 2.24) is 5.32 Å². The van der Waals surface area contributed by atoms with Crippen LogP contribution in [0.1, 0.15) is 123 Å². The van der Waals surface area contributed by atoms with Crippen LogP contribution in [0.15, 0.2) is 0 Å². The van der Waals surface area contributed by atoms with Gasteiger partial charge < -0.3 is 16.2 Å². The molecule has 172 valence electrons. The summed E-state index contributed by atoms with van der Waals surface area (Å²) < 4.78 is 0. The Balaban J connectivity index is 3.22. The second-order valence-corrected chi connectivity index (χ2v) is 8.97. The SMILES string of the molecule is CC(C)CCCCCCCCCCCCCCC(=O)NCCCC[C@H](N)C(=O)O. The van der Waals surface area contributed by atoms with E-state index in [-0.39, 0.29) is 5.91 Å². The van der Waals surface area contributed by atoms with Crippen molar-refractivity contribution >= 4 is 11.9 Å². The van der Waals surface area contributed by atoms with Crippen LogP contribution in [0.4, 0.5) is 0 Å². The van der Waals surface area contributed by atoms with Crippen molar-refractivity contribution < 1.29 is 14.7 Å². The number of hydrogen-bond donors (Lipinski definition) is 3. The molecular weight excluding hydrogens is 364 g/mol. The molecule has 0 bridgehead atoms. The number of carbonyl (C=O) groups is 2. The first-order valence-corrected chi connectivity index (χ1v) is 12.2. The van der Waals surface area contributed by atoms with E-state index in [0.717, 1.165) is 31.6 Å². The van der Waals surface area contributed by atoms with Gasteiger partial charge in [-0.1, -0.05) is 90.9 Å². The van der Waals surface area contributed by atoms with Gasteiger partial charge in [0.1, 0.15) is 6.04 Å². The fourth-order valence-corrected chi connectivity index (χ4v) is 3.53. The van der Waals surface area contributed by atoms with Gasteiger partial charge in [-0.3, -0.25) is 9.59 Å². The lowest BCUT2D eigenvalue weighted by Gasteiger charge is -2.07. The Kier molecular flexibility index (Phi) is 19.4. The van der Waals surface area contributed by atoms with Gasteiger partial charge in [-0.2, -0.15) is 0 Å². The molecule has 0 rings (SSSR count). The zero-order valence-electron chi connectivity index (χ0n) is 19.2. The van der Waals surface area contributed by atoms with Crippen LogP contribution in [0.25, 0.3) is 0 Å². The number of nitrogens with one attached hydrogen (secondary N) is 1. The Labute approximate surface area is 179 Å². The Morgan fingerprint density at radius 2 is 1.17 bits per heavy atom. The minimum absolute atomic E-state index is 0.112. The first-order valence-electron chi connectivity index (χ1n) is 12.2. The lowest BCUT2D eigenvalue weighted by atomic mass is 10.0. The largest absolute Gasteiger partial charge is 0.480 e. The summed E-state index contributed by atoms with van der Waals surface area (Å²) in [6, 6.07) is -0.787. The summed E-state index contributed by atoms with van der Waals surface area (Å²) in [4.78, 5) is 22.3. The van der Waals surface area contributed by atoms with Crippen LogP contribution in [0, 0.1) is 5.92 Å². The lowest BCUT2D eigenvalue weighted by molar-refractivity contribution is -0.138. The second-order valence-electron chi connectivity index (χ2n) is 8.97. The highest BCUT2D eigenvalue weighted by atomic mass is 16.4. The number of aliphatic carboxylic acids is 1.